The first-order valence-electron chi connectivity index (χ1n) is 22.2. The van der Waals surface area contributed by atoms with Gasteiger partial charge in [-0.2, -0.15) is 0 Å². The van der Waals surface area contributed by atoms with E-state index in [1.54, 1.807) is 48.0 Å². The van der Waals surface area contributed by atoms with E-state index >= 15 is 0 Å². The Morgan fingerprint density at radius 2 is 0.789 bits per heavy atom. The molecule has 15 nitrogen and oxygen atoms in total. The topological polar surface area (TPSA) is 173 Å². The first kappa shape index (κ1) is 46.6. The molecule has 6 amide bonds. The summed E-state index contributed by atoms with van der Waals surface area (Å²) in [6.07, 6.45) is 16.9. The standard InChI is InChI=1S/C42H79N9O6/c1-42(2,3)49(24-26-50(40(54)55)36-20-12-32(13-21-36)28-30-8-16-34(17-9-30)43-38(52)45-47(4)5)25-27-51(41(56)57)37-22-14-33(15-23-37)29-31-10-18-35(19-11-31)44-39(53)46-48(6)7/h30-37H,8-29H2,1-7H3,(H,54,55)(H,56,57)(H2,43,45,52)(H2,44,46,53). The fourth-order valence-electron chi connectivity index (χ4n) is 10.4. The number of hydrazine groups is 2. The van der Waals surface area contributed by atoms with Gasteiger partial charge in [0, 0.05) is 84.1 Å². The van der Waals surface area contributed by atoms with E-state index in [4.69, 9.17) is 0 Å². The van der Waals surface area contributed by atoms with Crippen molar-refractivity contribution in [3.05, 3.63) is 0 Å². The van der Waals surface area contributed by atoms with Gasteiger partial charge >= 0.3 is 24.2 Å². The van der Waals surface area contributed by atoms with E-state index in [1.807, 2.05) is 0 Å². The largest absolute Gasteiger partial charge is 0.465 e. The van der Waals surface area contributed by atoms with Gasteiger partial charge in [-0.05, 0) is 160 Å². The van der Waals surface area contributed by atoms with Gasteiger partial charge in [0.15, 0.2) is 0 Å². The van der Waals surface area contributed by atoms with Crippen molar-refractivity contribution in [3.8, 4) is 0 Å². The summed E-state index contributed by atoms with van der Waals surface area (Å²) in [5, 5.41) is 30.1. The number of urea groups is 2. The highest BCUT2D eigenvalue weighted by Gasteiger charge is 2.35. The lowest BCUT2D eigenvalue weighted by molar-refractivity contribution is 0.0572. The van der Waals surface area contributed by atoms with Crippen LogP contribution in [0.4, 0.5) is 19.2 Å². The Kier molecular flexibility index (Phi) is 18.3. The molecule has 4 rings (SSSR count). The third-order valence-corrected chi connectivity index (χ3v) is 13.5. The van der Waals surface area contributed by atoms with E-state index in [0.29, 0.717) is 49.9 Å². The summed E-state index contributed by atoms with van der Waals surface area (Å²) in [6.45, 7) is 8.35. The van der Waals surface area contributed by atoms with Crippen molar-refractivity contribution in [2.24, 2.45) is 23.7 Å². The number of amides is 6. The molecular formula is C42H79N9O6. The smallest absolute Gasteiger partial charge is 0.407 e. The molecule has 15 heteroatoms. The Balaban J connectivity index is 1.17. The van der Waals surface area contributed by atoms with E-state index in [1.165, 1.54) is 12.8 Å². The van der Waals surface area contributed by atoms with Gasteiger partial charge in [-0.25, -0.2) is 29.2 Å². The predicted molar refractivity (Wildman–Crippen MR) is 224 cm³/mol. The molecule has 57 heavy (non-hydrogen) atoms. The van der Waals surface area contributed by atoms with Gasteiger partial charge in [0.05, 0.1) is 0 Å². The number of carboxylic acid groups (broad SMARTS) is 2. The zero-order chi connectivity index (χ0) is 41.7. The second-order valence-electron chi connectivity index (χ2n) is 19.3. The Labute approximate surface area is 343 Å². The first-order valence-corrected chi connectivity index (χ1v) is 22.2. The third-order valence-electron chi connectivity index (χ3n) is 13.5. The van der Waals surface area contributed by atoms with Crippen LogP contribution in [0.1, 0.15) is 136 Å². The number of hydrogen-bond donors (Lipinski definition) is 6. The van der Waals surface area contributed by atoms with Crippen molar-refractivity contribution in [1.29, 1.82) is 0 Å². The third kappa shape index (κ3) is 15.9. The highest BCUT2D eigenvalue weighted by atomic mass is 16.4. The van der Waals surface area contributed by atoms with Crippen molar-refractivity contribution in [2.45, 2.75) is 166 Å². The van der Waals surface area contributed by atoms with Crippen molar-refractivity contribution in [2.75, 3.05) is 54.4 Å². The van der Waals surface area contributed by atoms with E-state index in [0.717, 1.165) is 103 Å². The molecule has 4 saturated carbocycles. The van der Waals surface area contributed by atoms with Crippen molar-refractivity contribution >= 4 is 24.2 Å². The number of carbonyl (C=O) groups excluding carboxylic acids is 2. The Bertz CT molecular complexity index is 1160. The summed E-state index contributed by atoms with van der Waals surface area (Å²) in [6, 6.07) is 0.196. The maximum absolute atomic E-state index is 12.6. The molecule has 0 heterocycles. The van der Waals surface area contributed by atoms with Crippen molar-refractivity contribution in [3.63, 3.8) is 0 Å². The summed E-state index contributed by atoms with van der Waals surface area (Å²) in [5.41, 5.74) is 5.28. The molecule has 0 aromatic heterocycles. The fraction of sp³-hybridized carbons (Fsp3) is 0.905. The minimum atomic E-state index is -0.863. The normalized spacial score (nSPS) is 28.5. The lowest BCUT2D eigenvalue weighted by Crippen LogP contribution is -2.52. The molecular weight excluding hydrogens is 727 g/mol. The average molecular weight is 806 g/mol. The van der Waals surface area contributed by atoms with Gasteiger partial charge in [-0.3, -0.25) is 15.8 Å². The lowest BCUT2D eigenvalue weighted by atomic mass is 9.75. The maximum atomic E-state index is 12.6. The number of nitrogens with zero attached hydrogens (tertiary/aromatic N) is 5. The summed E-state index contributed by atoms with van der Waals surface area (Å²) in [7, 11) is 7.21. The summed E-state index contributed by atoms with van der Waals surface area (Å²) in [4.78, 5) is 54.9. The van der Waals surface area contributed by atoms with Gasteiger partial charge in [0.1, 0.15) is 0 Å². The van der Waals surface area contributed by atoms with Gasteiger partial charge in [-0.15, -0.1) is 0 Å². The first-order chi connectivity index (χ1) is 27.0. The molecule has 0 unspecified atom stereocenters. The highest BCUT2D eigenvalue weighted by molar-refractivity contribution is 5.74. The molecule has 4 fully saturated rings. The summed E-state index contributed by atoms with van der Waals surface area (Å²) < 4.78 is 0. The lowest BCUT2D eigenvalue weighted by Gasteiger charge is -2.42. The SMILES string of the molecule is CN(C)NC(=O)NC1CCC(CC2CCC(N(CCN(CCN(C(=O)O)C3CCC(CC4CCC(NC(=O)NN(C)C)CC4)CC3)C(C)(C)C)C(=O)O)CC2)CC1. The molecule has 0 spiro atoms. The molecule has 0 aliphatic heterocycles. The number of carbonyl (C=O) groups is 4. The van der Waals surface area contributed by atoms with Crippen LogP contribution in [0.2, 0.25) is 0 Å². The molecule has 0 atom stereocenters. The molecule has 0 aromatic carbocycles. The maximum Gasteiger partial charge on any atom is 0.407 e. The van der Waals surface area contributed by atoms with E-state index in [9.17, 15) is 29.4 Å². The molecule has 0 saturated heterocycles. The Morgan fingerprint density at radius 1 is 0.491 bits per heavy atom. The average Bonchev–Trinajstić information content (AvgIpc) is 3.12. The predicted octanol–water partition coefficient (Wildman–Crippen LogP) is 6.61. The number of hydrogen-bond acceptors (Lipinski definition) is 7. The van der Waals surface area contributed by atoms with Gasteiger partial charge in [-0.1, -0.05) is 0 Å². The second kappa shape index (κ2) is 22.4. The van der Waals surface area contributed by atoms with Gasteiger partial charge in [0.2, 0.25) is 0 Å². The molecule has 4 aliphatic rings. The van der Waals surface area contributed by atoms with Crippen LogP contribution in [-0.4, -0.2) is 143 Å². The van der Waals surface area contributed by atoms with Crippen LogP contribution < -0.4 is 21.5 Å². The number of rotatable bonds is 16. The van der Waals surface area contributed by atoms with Gasteiger partial charge in [0.25, 0.3) is 0 Å². The zero-order valence-corrected chi connectivity index (χ0v) is 36.4. The minimum Gasteiger partial charge on any atom is -0.465 e. The molecule has 0 aromatic rings. The molecule has 4 aliphatic carbocycles. The molecule has 328 valence electrons. The Hall–Kier alpha value is -3.04. The van der Waals surface area contributed by atoms with Crippen LogP contribution in [0.5, 0.6) is 0 Å². The monoisotopic (exact) mass is 806 g/mol. The number of nitrogens with one attached hydrogen (secondary N) is 4. The van der Waals surface area contributed by atoms with Crippen LogP contribution in [0.25, 0.3) is 0 Å². The molecule has 0 bridgehead atoms. The van der Waals surface area contributed by atoms with Gasteiger partial charge < -0.3 is 30.6 Å². The molecule has 6 N–H and O–H groups in total. The Morgan fingerprint density at radius 3 is 1.05 bits per heavy atom. The molecule has 0 radical (unpaired) electrons. The highest BCUT2D eigenvalue weighted by Crippen LogP contribution is 2.38. The van der Waals surface area contributed by atoms with Crippen molar-refractivity contribution in [1.82, 2.24) is 46.2 Å². The fourth-order valence-corrected chi connectivity index (χ4v) is 10.4. The van der Waals surface area contributed by atoms with Crippen LogP contribution in [0, 0.1) is 23.7 Å². The summed E-state index contributed by atoms with van der Waals surface area (Å²) in [5.74, 6) is 2.58. The van der Waals surface area contributed by atoms with E-state index in [-0.39, 0.29) is 41.8 Å². The van der Waals surface area contributed by atoms with Crippen LogP contribution in [0.3, 0.4) is 0 Å². The quantitative estimate of drug-likeness (QED) is 0.0939. The second-order valence-corrected chi connectivity index (χ2v) is 19.3. The van der Waals surface area contributed by atoms with E-state index in [2.05, 4.69) is 47.2 Å². The summed E-state index contributed by atoms with van der Waals surface area (Å²) >= 11 is 0. The van der Waals surface area contributed by atoms with Crippen LogP contribution in [0.15, 0.2) is 0 Å². The van der Waals surface area contributed by atoms with E-state index < -0.39 is 12.2 Å². The minimum absolute atomic E-state index is 0.0164. The van der Waals surface area contributed by atoms with Crippen molar-refractivity contribution < 1.29 is 29.4 Å². The van der Waals surface area contributed by atoms with Crippen LogP contribution in [-0.2, 0) is 0 Å². The van der Waals surface area contributed by atoms with Crippen LogP contribution >= 0.6 is 0 Å². The zero-order valence-electron chi connectivity index (χ0n) is 36.4.